The van der Waals surface area contributed by atoms with Gasteiger partial charge >= 0.3 is 0 Å². The summed E-state index contributed by atoms with van der Waals surface area (Å²) in [5.74, 6) is -0.460. The molecule has 2 aromatic rings. The predicted octanol–water partition coefficient (Wildman–Crippen LogP) is 0.0559. The standard InChI is InChI=1S/C9H8N4O3/c14-7-3-5(4-8(15)12-7)9(16)11-6-1-2-10-13-6/h1-4H,(H2,12,14,15)(H2,10,11,13,16). The van der Waals surface area contributed by atoms with E-state index in [1.807, 2.05) is 0 Å². The lowest BCUT2D eigenvalue weighted by atomic mass is 10.2. The molecule has 2 aromatic heterocycles. The van der Waals surface area contributed by atoms with Crippen LogP contribution in [0.4, 0.5) is 5.82 Å². The Morgan fingerprint density at radius 2 is 2.25 bits per heavy atom. The van der Waals surface area contributed by atoms with Gasteiger partial charge in [-0.15, -0.1) is 0 Å². The molecule has 0 aromatic carbocycles. The van der Waals surface area contributed by atoms with E-state index in [2.05, 4.69) is 20.5 Å². The van der Waals surface area contributed by atoms with Gasteiger partial charge in [-0.25, -0.2) is 0 Å². The number of aromatic hydroxyl groups is 1. The van der Waals surface area contributed by atoms with Crippen molar-refractivity contribution in [2.24, 2.45) is 0 Å². The number of rotatable bonds is 2. The van der Waals surface area contributed by atoms with Crippen LogP contribution in [0.5, 0.6) is 5.88 Å². The molecular weight excluding hydrogens is 212 g/mol. The lowest BCUT2D eigenvalue weighted by Gasteiger charge is -2.01. The minimum atomic E-state index is -0.547. The van der Waals surface area contributed by atoms with Crippen LogP contribution in [0, 0.1) is 0 Å². The number of nitrogens with zero attached hydrogens (tertiary/aromatic N) is 1. The molecule has 0 saturated carbocycles. The molecule has 7 nitrogen and oxygen atoms in total. The van der Waals surface area contributed by atoms with E-state index in [0.29, 0.717) is 5.82 Å². The number of pyridine rings is 1. The molecule has 0 aliphatic heterocycles. The lowest BCUT2D eigenvalue weighted by Crippen LogP contribution is -2.16. The largest absolute Gasteiger partial charge is 0.494 e. The second kappa shape index (κ2) is 3.89. The van der Waals surface area contributed by atoms with Crippen LogP contribution in [0.1, 0.15) is 10.4 Å². The highest BCUT2D eigenvalue weighted by Crippen LogP contribution is 2.07. The van der Waals surface area contributed by atoms with E-state index in [-0.39, 0.29) is 11.4 Å². The highest BCUT2D eigenvalue weighted by molar-refractivity contribution is 6.03. The van der Waals surface area contributed by atoms with Gasteiger partial charge in [-0.05, 0) is 0 Å². The van der Waals surface area contributed by atoms with E-state index in [1.54, 1.807) is 6.07 Å². The number of anilines is 1. The maximum Gasteiger partial charge on any atom is 0.257 e. The topological polar surface area (TPSA) is 111 Å². The van der Waals surface area contributed by atoms with Gasteiger partial charge in [-0.3, -0.25) is 19.7 Å². The van der Waals surface area contributed by atoms with Crippen LogP contribution >= 0.6 is 0 Å². The summed E-state index contributed by atoms with van der Waals surface area (Å²) in [4.78, 5) is 24.7. The van der Waals surface area contributed by atoms with Crippen LogP contribution in [-0.2, 0) is 0 Å². The second-order valence-corrected chi connectivity index (χ2v) is 3.04. The lowest BCUT2D eigenvalue weighted by molar-refractivity contribution is 0.102. The SMILES string of the molecule is O=C(Nc1ccn[nH]1)c1cc(O)[nH]c(=O)c1. The van der Waals surface area contributed by atoms with Crippen molar-refractivity contribution in [1.82, 2.24) is 15.2 Å². The average molecular weight is 220 g/mol. The molecule has 7 heteroatoms. The molecule has 0 aliphatic rings. The molecule has 0 fully saturated rings. The molecule has 0 spiro atoms. The molecule has 1 amide bonds. The number of carbonyl (C=O) groups is 1. The van der Waals surface area contributed by atoms with Crippen LogP contribution in [0.2, 0.25) is 0 Å². The molecular formula is C9H8N4O3. The maximum absolute atomic E-state index is 11.6. The van der Waals surface area contributed by atoms with Gasteiger partial charge in [-0.1, -0.05) is 0 Å². The van der Waals surface area contributed by atoms with E-state index in [9.17, 15) is 9.59 Å². The summed E-state index contributed by atoms with van der Waals surface area (Å²) in [7, 11) is 0. The summed E-state index contributed by atoms with van der Waals surface area (Å²) in [6.07, 6.45) is 1.48. The molecule has 0 bridgehead atoms. The van der Waals surface area contributed by atoms with Gasteiger partial charge in [0.15, 0.2) is 5.88 Å². The fourth-order valence-corrected chi connectivity index (χ4v) is 1.18. The Labute approximate surface area is 89.1 Å². The maximum atomic E-state index is 11.6. The number of amides is 1. The first-order chi connectivity index (χ1) is 7.65. The van der Waals surface area contributed by atoms with E-state index < -0.39 is 11.5 Å². The van der Waals surface area contributed by atoms with Crippen molar-refractivity contribution in [1.29, 1.82) is 0 Å². The highest BCUT2D eigenvalue weighted by Gasteiger charge is 2.08. The summed E-state index contributed by atoms with van der Waals surface area (Å²) in [6, 6.07) is 3.81. The summed E-state index contributed by atoms with van der Waals surface area (Å²) in [5, 5.41) is 17.8. The van der Waals surface area contributed by atoms with Gasteiger partial charge < -0.3 is 10.4 Å². The average Bonchev–Trinajstić information content (AvgIpc) is 2.68. The van der Waals surface area contributed by atoms with Crippen molar-refractivity contribution in [2.45, 2.75) is 0 Å². The number of hydrogen-bond donors (Lipinski definition) is 4. The third-order valence-corrected chi connectivity index (χ3v) is 1.84. The number of H-pyrrole nitrogens is 2. The number of aromatic nitrogens is 3. The van der Waals surface area contributed by atoms with E-state index in [1.165, 1.54) is 6.20 Å². The summed E-state index contributed by atoms with van der Waals surface area (Å²) < 4.78 is 0. The number of carbonyl (C=O) groups excluding carboxylic acids is 1. The molecule has 0 atom stereocenters. The zero-order valence-electron chi connectivity index (χ0n) is 8.02. The summed E-state index contributed by atoms with van der Waals surface area (Å²) in [5.41, 5.74) is -0.481. The van der Waals surface area contributed by atoms with Crippen molar-refractivity contribution in [3.05, 3.63) is 40.3 Å². The van der Waals surface area contributed by atoms with Crippen LogP contribution < -0.4 is 10.9 Å². The zero-order valence-corrected chi connectivity index (χ0v) is 8.02. The fourth-order valence-electron chi connectivity index (χ4n) is 1.18. The second-order valence-electron chi connectivity index (χ2n) is 3.04. The third-order valence-electron chi connectivity index (χ3n) is 1.84. The quantitative estimate of drug-likeness (QED) is 0.573. The van der Waals surface area contributed by atoms with E-state index in [0.717, 1.165) is 12.1 Å². The van der Waals surface area contributed by atoms with Crippen molar-refractivity contribution < 1.29 is 9.90 Å². The van der Waals surface area contributed by atoms with Gasteiger partial charge in [0.05, 0.1) is 11.8 Å². The van der Waals surface area contributed by atoms with Gasteiger partial charge in [0.25, 0.3) is 11.5 Å². The summed E-state index contributed by atoms with van der Waals surface area (Å²) >= 11 is 0. The van der Waals surface area contributed by atoms with Crippen molar-refractivity contribution in [3.8, 4) is 5.88 Å². The van der Waals surface area contributed by atoms with E-state index >= 15 is 0 Å². The van der Waals surface area contributed by atoms with Crippen molar-refractivity contribution >= 4 is 11.7 Å². The van der Waals surface area contributed by atoms with Gasteiger partial charge in [0.1, 0.15) is 5.82 Å². The van der Waals surface area contributed by atoms with Gasteiger partial charge in [0.2, 0.25) is 0 Å². The number of aromatic amines is 2. The van der Waals surface area contributed by atoms with E-state index in [4.69, 9.17) is 5.11 Å². The Kier molecular flexibility index (Phi) is 2.42. The molecule has 0 saturated heterocycles. The van der Waals surface area contributed by atoms with Gasteiger partial charge in [-0.2, -0.15) is 5.10 Å². The monoisotopic (exact) mass is 220 g/mol. The number of hydrogen-bond acceptors (Lipinski definition) is 4. The normalized spacial score (nSPS) is 10.0. The van der Waals surface area contributed by atoms with Gasteiger partial charge in [0, 0.05) is 18.2 Å². The molecule has 16 heavy (non-hydrogen) atoms. The molecule has 0 radical (unpaired) electrons. The smallest absolute Gasteiger partial charge is 0.257 e. The van der Waals surface area contributed by atoms with Crippen LogP contribution in [-0.4, -0.2) is 26.2 Å². The van der Waals surface area contributed by atoms with Crippen LogP contribution in [0.25, 0.3) is 0 Å². The van der Waals surface area contributed by atoms with Crippen molar-refractivity contribution in [3.63, 3.8) is 0 Å². The van der Waals surface area contributed by atoms with Crippen molar-refractivity contribution in [2.75, 3.05) is 5.32 Å². The van der Waals surface area contributed by atoms with Crippen LogP contribution in [0.3, 0.4) is 0 Å². The Morgan fingerprint density at radius 3 is 2.88 bits per heavy atom. The fraction of sp³-hybridized carbons (Fsp3) is 0. The highest BCUT2D eigenvalue weighted by atomic mass is 16.3. The first kappa shape index (κ1) is 9.97. The zero-order chi connectivity index (χ0) is 11.5. The molecule has 0 unspecified atom stereocenters. The summed E-state index contributed by atoms with van der Waals surface area (Å²) in [6.45, 7) is 0. The Balaban J connectivity index is 2.24. The minimum Gasteiger partial charge on any atom is -0.494 e. The minimum absolute atomic E-state index is 0.0656. The molecule has 2 heterocycles. The Hall–Kier alpha value is -2.57. The van der Waals surface area contributed by atoms with Crippen LogP contribution in [0.15, 0.2) is 29.2 Å². The molecule has 0 aliphatic carbocycles. The number of nitrogens with one attached hydrogen (secondary N) is 3. The first-order valence-corrected chi connectivity index (χ1v) is 4.39. The Morgan fingerprint density at radius 1 is 1.44 bits per heavy atom. The third kappa shape index (κ3) is 2.08. The molecule has 82 valence electrons. The Bertz CT molecular complexity index is 558. The predicted molar refractivity (Wildman–Crippen MR) is 55.3 cm³/mol. The molecule has 2 rings (SSSR count). The first-order valence-electron chi connectivity index (χ1n) is 4.39. The molecule has 4 N–H and O–H groups in total.